The predicted molar refractivity (Wildman–Crippen MR) is 105 cm³/mol. The zero-order valence-corrected chi connectivity index (χ0v) is 16.0. The second-order valence-corrected chi connectivity index (χ2v) is 6.29. The van der Waals surface area contributed by atoms with Gasteiger partial charge in [-0.15, -0.1) is 0 Å². The lowest BCUT2D eigenvalue weighted by atomic mass is 10.2. The Labute approximate surface area is 160 Å². The van der Waals surface area contributed by atoms with E-state index >= 15 is 0 Å². The molecular formula is C21H28N2O4. The highest BCUT2D eigenvalue weighted by Crippen LogP contribution is 2.16. The van der Waals surface area contributed by atoms with Crippen LogP contribution in [0.1, 0.15) is 18.9 Å². The zero-order chi connectivity index (χ0) is 19.6. The molecule has 1 fully saturated rings. The first kappa shape index (κ1) is 20.6. The van der Waals surface area contributed by atoms with Gasteiger partial charge in [0.1, 0.15) is 11.5 Å². The highest BCUT2D eigenvalue weighted by molar-refractivity contribution is 5.78. The molecule has 1 amide bonds. The first-order valence-corrected chi connectivity index (χ1v) is 9.00. The molecule has 1 heterocycles. The fourth-order valence-electron chi connectivity index (χ4n) is 2.78. The summed E-state index contributed by atoms with van der Waals surface area (Å²) < 4.78 is 10.8. The third-order valence-electron chi connectivity index (χ3n) is 4.37. The second kappa shape index (κ2) is 10.4. The van der Waals surface area contributed by atoms with Gasteiger partial charge in [-0.1, -0.05) is 30.9 Å². The molecule has 0 aromatic heterocycles. The quantitative estimate of drug-likeness (QED) is 0.514. The van der Waals surface area contributed by atoms with Crippen LogP contribution in [0.25, 0.3) is 0 Å². The Morgan fingerprint density at radius 3 is 2.78 bits per heavy atom. The third kappa shape index (κ3) is 6.18. The number of aliphatic hydroxyl groups excluding tert-OH is 1. The van der Waals surface area contributed by atoms with Gasteiger partial charge in [-0.25, -0.2) is 0 Å². The van der Waals surface area contributed by atoms with Crippen molar-refractivity contribution in [3.63, 3.8) is 0 Å². The van der Waals surface area contributed by atoms with Crippen molar-refractivity contribution >= 4 is 5.91 Å². The van der Waals surface area contributed by atoms with Gasteiger partial charge in [0.15, 0.2) is 6.61 Å². The van der Waals surface area contributed by atoms with Crippen molar-refractivity contribution in [3.05, 3.63) is 66.1 Å². The van der Waals surface area contributed by atoms with E-state index in [4.69, 9.17) is 14.6 Å². The van der Waals surface area contributed by atoms with Gasteiger partial charge >= 0.3 is 0 Å². The van der Waals surface area contributed by atoms with Crippen LogP contribution >= 0.6 is 0 Å². The summed E-state index contributed by atoms with van der Waals surface area (Å²) in [5.41, 5.74) is 1.62. The van der Waals surface area contributed by atoms with E-state index in [-0.39, 0.29) is 25.2 Å². The number of nitrogens with zero attached hydrogens (tertiary/aromatic N) is 1. The molecular weight excluding hydrogens is 344 g/mol. The average molecular weight is 372 g/mol. The van der Waals surface area contributed by atoms with Crippen molar-refractivity contribution in [3.8, 4) is 5.75 Å². The number of likely N-dealkylation sites (tertiary alicyclic amines) is 1. The highest BCUT2D eigenvalue weighted by Gasteiger charge is 2.27. The third-order valence-corrected chi connectivity index (χ3v) is 4.37. The van der Waals surface area contributed by atoms with E-state index in [1.165, 1.54) is 0 Å². The molecule has 1 aromatic carbocycles. The van der Waals surface area contributed by atoms with E-state index in [0.29, 0.717) is 24.6 Å². The van der Waals surface area contributed by atoms with Crippen molar-refractivity contribution in [1.29, 1.82) is 0 Å². The maximum absolute atomic E-state index is 12.4. The molecule has 0 radical (unpaired) electrons. The molecule has 0 saturated carbocycles. The summed E-state index contributed by atoms with van der Waals surface area (Å²) in [4.78, 5) is 14.2. The molecule has 0 bridgehead atoms. The van der Waals surface area contributed by atoms with Crippen molar-refractivity contribution in [2.24, 2.45) is 0 Å². The predicted octanol–water partition coefficient (Wildman–Crippen LogP) is 2.37. The standard InChI is InChI=1S/C21H28N2O4/c1-4-5-6-20(16(2)26-3)22-18-11-12-23(13-18)21(25)15-27-19-9-7-17(14-24)8-10-19/h4-10,18,22,24H,2,11-15H2,1,3H3/b5-4-,20-6+. The molecule has 1 saturated heterocycles. The van der Waals surface area contributed by atoms with Gasteiger partial charge < -0.3 is 24.8 Å². The number of carbonyl (C=O) groups is 1. The topological polar surface area (TPSA) is 71.0 Å². The van der Waals surface area contributed by atoms with Crippen LogP contribution in [-0.4, -0.2) is 48.8 Å². The Morgan fingerprint density at radius 2 is 2.15 bits per heavy atom. The molecule has 1 atom stereocenters. The van der Waals surface area contributed by atoms with Gasteiger partial charge in [0, 0.05) is 19.1 Å². The smallest absolute Gasteiger partial charge is 0.260 e. The van der Waals surface area contributed by atoms with Crippen LogP contribution < -0.4 is 10.1 Å². The number of hydrogen-bond acceptors (Lipinski definition) is 5. The molecule has 1 aromatic rings. The fourth-order valence-corrected chi connectivity index (χ4v) is 2.78. The van der Waals surface area contributed by atoms with Gasteiger partial charge in [-0.05, 0) is 37.1 Å². The van der Waals surface area contributed by atoms with Gasteiger partial charge in [-0.2, -0.15) is 0 Å². The van der Waals surface area contributed by atoms with Gasteiger partial charge in [0.25, 0.3) is 5.91 Å². The lowest BCUT2D eigenvalue weighted by Crippen LogP contribution is -2.37. The number of amides is 1. The summed E-state index contributed by atoms with van der Waals surface area (Å²) in [6, 6.07) is 7.19. The Balaban J connectivity index is 1.84. The average Bonchev–Trinajstić information content (AvgIpc) is 3.17. The monoisotopic (exact) mass is 372 g/mol. The minimum Gasteiger partial charge on any atom is -0.495 e. The van der Waals surface area contributed by atoms with Crippen LogP contribution in [0.3, 0.4) is 0 Å². The largest absolute Gasteiger partial charge is 0.495 e. The van der Waals surface area contributed by atoms with Gasteiger partial charge in [0.05, 0.1) is 19.4 Å². The van der Waals surface area contributed by atoms with Crippen LogP contribution in [0.4, 0.5) is 0 Å². The maximum atomic E-state index is 12.4. The van der Waals surface area contributed by atoms with Crippen molar-refractivity contribution < 1.29 is 19.4 Å². The molecule has 0 spiro atoms. The van der Waals surface area contributed by atoms with Crippen LogP contribution in [-0.2, 0) is 16.1 Å². The van der Waals surface area contributed by atoms with Crippen molar-refractivity contribution in [2.75, 3.05) is 26.8 Å². The number of ether oxygens (including phenoxy) is 2. The van der Waals surface area contributed by atoms with Crippen LogP contribution in [0, 0.1) is 0 Å². The molecule has 6 nitrogen and oxygen atoms in total. The summed E-state index contributed by atoms with van der Waals surface area (Å²) in [6.07, 6.45) is 6.61. The van der Waals surface area contributed by atoms with Crippen LogP contribution in [0.5, 0.6) is 5.75 Å². The number of aliphatic hydroxyl groups is 1. The lowest BCUT2D eigenvalue weighted by Gasteiger charge is -2.20. The minimum atomic E-state index is -0.0462. The molecule has 1 unspecified atom stereocenters. The number of allylic oxidation sites excluding steroid dienone is 3. The molecule has 6 heteroatoms. The lowest BCUT2D eigenvalue weighted by molar-refractivity contribution is -0.132. The minimum absolute atomic E-state index is 0.00274. The van der Waals surface area contributed by atoms with E-state index in [9.17, 15) is 4.79 Å². The van der Waals surface area contributed by atoms with Gasteiger partial charge in [-0.3, -0.25) is 4.79 Å². The Bertz CT molecular complexity index is 695. The van der Waals surface area contributed by atoms with Crippen LogP contribution in [0.15, 0.2) is 60.5 Å². The summed E-state index contributed by atoms with van der Waals surface area (Å²) in [7, 11) is 1.59. The number of rotatable bonds is 9. The van der Waals surface area contributed by atoms with E-state index in [0.717, 1.165) is 17.7 Å². The van der Waals surface area contributed by atoms with Crippen molar-refractivity contribution in [1.82, 2.24) is 10.2 Å². The van der Waals surface area contributed by atoms with E-state index in [1.54, 1.807) is 36.3 Å². The Morgan fingerprint density at radius 1 is 1.41 bits per heavy atom. The number of carbonyl (C=O) groups excluding carboxylic acids is 1. The first-order valence-electron chi connectivity index (χ1n) is 9.00. The molecule has 1 aliphatic rings. The number of benzene rings is 1. The molecule has 0 aliphatic carbocycles. The van der Waals surface area contributed by atoms with Gasteiger partial charge in [0.2, 0.25) is 0 Å². The Kier molecular flexibility index (Phi) is 7.95. The van der Waals surface area contributed by atoms with E-state index < -0.39 is 0 Å². The SMILES string of the molecule is C=C(OC)/C(=C\C=C/C)NC1CCN(C(=O)COc2ccc(CO)cc2)C1. The summed E-state index contributed by atoms with van der Waals surface area (Å²) in [6.45, 7) is 7.11. The zero-order valence-electron chi connectivity index (χ0n) is 16.0. The van der Waals surface area contributed by atoms with Crippen LogP contribution in [0.2, 0.25) is 0 Å². The van der Waals surface area contributed by atoms with Crippen molar-refractivity contribution in [2.45, 2.75) is 26.0 Å². The first-order chi connectivity index (χ1) is 13.1. The highest BCUT2D eigenvalue weighted by atomic mass is 16.5. The Hall–Kier alpha value is -2.73. The van der Waals surface area contributed by atoms with E-state index in [1.807, 2.05) is 25.2 Å². The summed E-state index contributed by atoms with van der Waals surface area (Å²) in [5, 5.41) is 12.4. The molecule has 1 aliphatic heterocycles. The maximum Gasteiger partial charge on any atom is 0.260 e. The number of methoxy groups -OCH3 is 1. The molecule has 2 rings (SSSR count). The molecule has 146 valence electrons. The normalized spacial score (nSPS) is 17.2. The summed E-state index contributed by atoms with van der Waals surface area (Å²) in [5.74, 6) is 1.13. The van der Waals surface area contributed by atoms with E-state index in [2.05, 4.69) is 11.9 Å². The molecule has 2 N–H and O–H groups in total. The summed E-state index contributed by atoms with van der Waals surface area (Å²) >= 11 is 0. The fraction of sp³-hybridized carbons (Fsp3) is 0.381. The number of nitrogens with one attached hydrogen (secondary N) is 1. The second-order valence-electron chi connectivity index (χ2n) is 6.29. The molecule has 27 heavy (non-hydrogen) atoms. The number of hydrogen-bond donors (Lipinski definition) is 2.